The topological polar surface area (TPSA) is 86.7 Å². The van der Waals surface area contributed by atoms with Gasteiger partial charge < -0.3 is 9.47 Å². The quantitative estimate of drug-likeness (QED) is 0.242. The Balaban J connectivity index is 1.85. The highest BCUT2D eigenvalue weighted by atomic mass is 16.5. The Hall–Kier alpha value is -2.24. The lowest BCUT2D eigenvalue weighted by molar-refractivity contribution is -0.191. The predicted molar refractivity (Wildman–Crippen MR) is 145 cm³/mol. The molecule has 0 amide bonds. The zero-order chi connectivity index (χ0) is 28.2. The van der Waals surface area contributed by atoms with E-state index in [9.17, 15) is 19.2 Å². The van der Waals surface area contributed by atoms with E-state index in [1.165, 1.54) is 19.6 Å². The highest BCUT2D eigenvalue weighted by molar-refractivity contribution is 5.91. The van der Waals surface area contributed by atoms with Crippen molar-refractivity contribution in [2.45, 2.75) is 106 Å². The fourth-order valence-electron chi connectivity index (χ4n) is 9.40. The van der Waals surface area contributed by atoms with Gasteiger partial charge in [0.2, 0.25) is 0 Å². The summed E-state index contributed by atoms with van der Waals surface area (Å²) < 4.78 is 11.2. The molecule has 6 nitrogen and oxygen atoms in total. The van der Waals surface area contributed by atoms with Crippen LogP contribution in [0.3, 0.4) is 0 Å². The second-order valence-corrected chi connectivity index (χ2v) is 13.4. The number of hydrogen-bond donors (Lipinski definition) is 0. The number of carbonyl (C=O) groups excluding carboxylic acids is 4. The van der Waals surface area contributed by atoms with Gasteiger partial charge in [-0.25, -0.2) is 4.79 Å². The maximum atomic E-state index is 14.3. The van der Waals surface area contributed by atoms with E-state index in [-0.39, 0.29) is 51.7 Å². The number of carbonyl (C=O) groups is 4. The monoisotopic (exact) mass is 526 g/mol. The van der Waals surface area contributed by atoms with Gasteiger partial charge in [0.05, 0.1) is 7.11 Å². The number of esters is 2. The summed E-state index contributed by atoms with van der Waals surface area (Å²) in [5, 5.41) is 0. The number of ether oxygens (including phenoxy) is 2. The minimum Gasteiger partial charge on any atom is -0.466 e. The van der Waals surface area contributed by atoms with Crippen molar-refractivity contribution in [3.05, 3.63) is 22.8 Å². The Morgan fingerprint density at radius 3 is 2.32 bits per heavy atom. The zero-order valence-electron chi connectivity index (χ0n) is 24.6. The lowest BCUT2D eigenvalue weighted by Crippen LogP contribution is -2.64. The molecule has 4 rings (SSSR count). The van der Waals surface area contributed by atoms with Crippen molar-refractivity contribution in [3.8, 4) is 0 Å². The van der Waals surface area contributed by atoms with Crippen molar-refractivity contribution in [2.24, 2.45) is 39.9 Å². The van der Waals surface area contributed by atoms with Gasteiger partial charge in [-0.15, -0.1) is 0 Å². The summed E-state index contributed by atoms with van der Waals surface area (Å²) in [6.07, 6.45) is 6.65. The first-order valence-electron chi connectivity index (χ1n) is 14.4. The number of hydrogen-bond acceptors (Lipinski definition) is 6. The molecule has 0 spiro atoms. The average molecular weight is 527 g/mol. The highest BCUT2D eigenvalue weighted by Crippen LogP contribution is 2.73. The Morgan fingerprint density at radius 2 is 1.71 bits per heavy atom. The molecule has 38 heavy (non-hydrogen) atoms. The first-order chi connectivity index (χ1) is 17.7. The molecule has 0 aromatic heterocycles. The van der Waals surface area contributed by atoms with Gasteiger partial charge >= 0.3 is 11.9 Å². The van der Waals surface area contributed by atoms with Crippen LogP contribution in [0.4, 0.5) is 0 Å². The van der Waals surface area contributed by atoms with E-state index in [0.29, 0.717) is 43.5 Å². The molecule has 0 heterocycles. The zero-order valence-corrected chi connectivity index (χ0v) is 24.6. The summed E-state index contributed by atoms with van der Waals surface area (Å²) in [5.74, 6) is -0.391. The molecule has 0 aromatic rings. The van der Waals surface area contributed by atoms with E-state index in [0.717, 1.165) is 24.8 Å². The van der Waals surface area contributed by atoms with Gasteiger partial charge in [0.15, 0.2) is 0 Å². The maximum absolute atomic E-state index is 14.3. The number of methoxy groups -OCH3 is 1. The van der Waals surface area contributed by atoms with Gasteiger partial charge in [0.25, 0.3) is 0 Å². The van der Waals surface area contributed by atoms with E-state index in [2.05, 4.69) is 26.8 Å². The van der Waals surface area contributed by atoms with Crippen LogP contribution in [0.5, 0.6) is 0 Å². The molecule has 4 fully saturated rings. The highest BCUT2D eigenvalue weighted by Gasteiger charge is 2.71. The Bertz CT molecular complexity index is 1100. The van der Waals surface area contributed by atoms with Gasteiger partial charge in [0, 0.05) is 37.2 Å². The molecule has 0 bridgehead atoms. The molecule has 8 atom stereocenters. The number of ketones is 2. The summed E-state index contributed by atoms with van der Waals surface area (Å²) in [6, 6.07) is 0. The van der Waals surface area contributed by atoms with Crippen molar-refractivity contribution in [3.63, 3.8) is 0 Å². The van der Waals surface area contributed by atoms with Crippen molar-refractivity contribution < 1.29 is 28.7 Å². The largest absolute Gasteiger partial charge is 0.466 e. The van der Waals surface area contributed by atoms with Crippen LogP contribution in [0.2, 0.25) is 0 Å². The Morgan fingerprint density at radius 1 is 1.03 bits per heavy atom. The minimum absolute atomic E-state index is 0.0227. The van der Waals surface area contributed by atoms with Crippen LogP contribution < -0.4 is 0 Å². The van der Waals surface area contributed by atoms with Crippen molar-refractivity contribution in [1.82, 2.24) is 0 Å². The lowest BCUT2D eigenvalue weighted by atomic mass is 9.37. The molecular formula is C32H46O6. The Labute approximate surface area is 228 Å². The fraction of sp³-hybridized carbons (Fsp3) is 0.750. The van der Waals surface area contributed by atoms with Crippen LogP contribution in [0.1, 0.15) is 99.8 Å². The third-order valence-corrected chi connectivity index (χ3v) is 11.3. The average Bonchev–Trinajstić information content (AvgIpc) is 3.10. The summed E-state index contributed by atoms with van der Waals surface area (Å²) in [7, 11) is 1.38. The van der Waals surface area contributed by atoms with Crippen molar-refractivity contribution in [1.29, 1.82) is 0 Å². The summed E-state index contributed by atoms with van der Waals surface area (Å²) in [6.45, 7) is 14.3. The molecule has 4 aliphatic rings. The third-order valence-electron chi connectivity index (χ3n) is 11.3. The predicted octanol–water partition coefficient (Wildman–Crippen LogP) is 6.17. The summed E-state index contributed by atoms with van der Waals surface area (Å²) >= 11 is 0. The fourth-order valence-corrected chi connectivity index (χ4v) is 9.40. The van der Waals surface area contributed by atoms with Crippen LogP contribution in [-0.4, -0.2) is 36.7 Å². The number of rotatable bonds is 5. The van der Waals surface area contributed by atoms with E-state index < -0.39 is 12.1 Å². The van der Waals surface area contributed by atoms with Crippen LogP contribution in [-0.2, 0) is 28.7 Å². The smallest absolute Gasteiger partial charge is 0.333 e. The maximum Gasteiger partial charge on any atom is 0.333 e. The third kappa shape index (κ3) is 4.30. The summed E-state index contributed by atoms with van der Waals surface area (Å²) in [4.78, 5) is 52.4. The molecule has 0 N–H and O–H groups in total. The van der Waals surface area contributed by atoms with Crippen LogP contribution in [0.15, 0.2) is 22.8 Å². The molecular weight excluding hydrogens is 480 g/mol. The molecule has 0 radical (unpaired) electrons. The second kappa shape index (κ2) is 10.1. The van der Waals surface area contributed by atoms with Gasteiger partial charge in [-0.1, -0.05) is 39.3 Å². The van der Waals surface area contributed by atoms with Crippen molar-refractivity contribution >= 4 is 23.5 Å². The standard InChI is InChI=1S/C32H46O6/c1-18(2)10-9-11-21(29(36)37-8)27-23-16-25(35)28-30(5)14-13-24(34)19(3)22(30)12-15-31(28,6)32(23,7)17-26(27)38-20(4)33/h10,19,22-23,26,28H,9,11-17H2,1-8H3/b27-21+/t19?,22?,23-,26?,28-,30+,31-,32-/m1/s1. The molecule has 0 aromatic carbocycles. The molecule has 6 heteroatoms. The van der Waals surface area contributed by atoms with Crippen LogP contribution in [0.25, 0.3) is 0 Å². The Kier molecular flexibility index (Phi) is 7.61. The van der Waals surface area contributed by atoms with Gasteiger partial charge in [0.1, 0.15) is 17.7 Å². The first-order valence-corrected chi connectivity index (χ1v) is 14.4. The molecule has 0 saturated heterocycles. The molecule has 4 saturated carbocycles. The number of fused-ring (bicyclic) bond motifs is 5. The summed E-state index contributed by atoms with van der Waals surface area (Å²) in [5.41, 5.74) is 1.61. The number of Topliss-reactive ketones (excluding diaryl/α,β-unsaturated/α-hetero) is 2. The first kappa shape index (κ1) is 28.8. The number of allylic oxidation sites excluding steroid dienone is 2. The van der Waals surface area contributed by atoms with Gasteiger partial charge in [-0.2, -0.15) is 0 Å². The van der Waals surface area contributed by atoms with Crippen LogP contribution in [0, 0.1) is 39.9 Å². The molecule has 210 valence electrons. The van der Waals surface area contributed by atoms with Gasteiger partial charge in [-0.05, 0) is 86.0 Å². The normalized spacial score (nSPS) is 41.4. The SMILES string of the molecule is COC(=O)/C(CCC=C(C)C)=C1/C(OC(C)=O)C[C@]2(C)[C@@H]1CC(=O)[C@@H]1[C@@]3(C)CCC(=O)C(C)C3CC[C@]12C. The lowest BCUT2D eigenvalue weighted by Gasteiger charge is -2.66. The van der Waals surface area contributed by atoms with Crippen LogP contribution >= 0.6 is 0 Å². The molecule has 3 unspecified atom stereocenters. The van der Waals surface area contributed by atoms with E-state index in [4.69, 9.17) is 9.47 Å². The van der Waals surface area contributed by atoms with E-state index in [1.54, 1.807) is 0 Å². The van der Waals surface area contributed by atoms with Gasteiger partial charge in [-0.3, -0.25) is 14.4 Å². The minimum atomic E-state index is -0.552. The van der Waals surface area contributed by atoms with Crippen molar-refractivity contribution in [2.75, 3.05) is 7.11 Å². The van der Waals surface area contributed by atoms with E-state index in [1.807, 2.05) is 20.8 Å². The second-order valence-electron chi connectivity index (χ2n) is 13.4. The molecule has 4 aliphatic carbocycles. The molecule has 0 aliphatic heterocycles. The van der Waals surface area contributed by atoms with E-state index >= 15 is 0 Å².